The molecule has 3 heterocycles. The topological polar surface area (TPSA) is 70.0 Å². The van der Waals surface area contributed by atoms with Gasteiger partial charge in [-0.3, -0.25) is 23.8 Å². The Morgan fingerprint density at radius 1 is 1.19 bits per heavy atom. The Kier molecular flexibility index (Phi) is 5.60. The second kappa shape index (κ2) is 8.53. The van der Waals surface area contributed by atoms with Gasteiger partial charge in [0.2, 0.25) is 5.91 Å². The molecule has 5 rings (SSSR count). The summed E-state index contributed by atoms with van der Waals surface area (Å²) < 4.78 is 1.70. The summed E-state index contributed by atoms with van der Waals surface area (Å²) >= 11 is 1.50. The van der Waals surface area contributed by atoms with Crippen molar-refractivity contribution in [1.29, 1.82) is 0 Å². The second-order valence-corrected chi connectivity index (χ2v) is 9.30. The summed E-state index contributed by atoms with van der Waals surface area (Å²) in [5.74, 6) is 0.142. The quantitative estimate of drug-likeness (QED) is 0.640. The Labute approximate surface area is 185 Å². The summed E-state index contributed by atoms with van der Waals surface area (Å²) in [5, 5.41) is 5.09. The molecule has 1 saturated carbocycles. The van der Waals surface area contributed by atoms with Gasteiger partial charge < -0.3 is 5.32 Å². The van der Waals surface area contributed by atoms with Gasteiger partial charge in [0, 0.05) is 50.2 Å². The molecule has 1 amide bonds. The number of carbonyl (C=O) groups is 1. The number of amides is 1. The van der Waals surface area contributed by atoms with Crippen LogP contribution in [-0.4, -0.2) is 63.4 Å². The van der Waals surface area contributed by atoms with E-state index in [-0.39, 0.29) is 17.5 Å². The van der Waals surface area contributed by atoms with E-state index in [1.807, 2.05) is 42.6 Å². The van der Waals surface area contributed by atoms with Crippen LogP contribution in [0.5, 0.6) is 0 Å². The van der Waals surface area contributed by atoms with Crippen LogP contribution in [0.1, 0.15) is 25.5 Å². The number of nitrogens with zero attached hydrogens (tertiary/aromatic N) is 4. The van der Waals surface area contributed by atoms with Gasteiger partial charge in [0.1, 0.15) is 0 Å². The lowest BCUT2D eigenvalue weighted by molar-refractivity contribution is -0.126. The van der Waals surface area contributed by atoms with E-state index in [2.05, 4.69) is 15.1 Å². The number of thiazole rings is 1. The van der Waals surface area contributed by atoms with Crippen LogP contribution in [0.3, 0.4) is 0 Å². The van der Waals surface area contributed by atoms with Crippen molar-refractivity contribution >= 4 is 22.2 Å². The van der Waals surface area contributed by atoms with E-state index in [0.29, 0.717) is 12.6 Å². The largest absolute Gasteiger partial charge is 0.352 e. The van der Waals surface area contributed by atoms with Gasteiger partial charge in [0.05, 0.1) is 17.4 Å². The SMILES string of the molecule is CC(C(=O)NC1CC1)N1CCN(Cc2cc(=O)n3c(-c4ccccc4)csc3n2)CC1. The summed E-state index contributed by atoms with van der Waals surface area (Å²) in [5.41, 5.74) is 2.67. The third-order valence-corrected chi connectivity index (χ3v) is 7.00. The number of aromatic nitrogens is 2. The number of fused-ring (bicyclic) bond motifs is 1. The van der Waals surface area contributed by atoms with Crippen LogP contribution in [0, 0.1) is 0 Å². The van der Waals surface area contributed by atoms with Crippen molar-refractivity contribution in [3.8, 4) is 11.3 Å². The molecule has 1 unspecified atom stereocenters. The summed E-state index contributed by atoms with van der Waals surface area (Å²) in [4.78, 5) is 35.2. The normalized spacial score (nSPS) is 18.9. The standard InChI is InChI=1S/C23H27N5O2S/c1-16(22(30)24-18-7-8-18)27-11-9-26(10-12-27)14-19-13-21(29)28-20(15-31-23(28)25-19)17-5-3-2-4-6-17/h2-6,13,15-16,18H,7-12,14H2,1H3,(H,24,30). The highest BCUT2D eigenvalue weighted by Gasteiger charge is 2.30. The maximum Gasteiger partial charge on any atom is 0.259 e. The van der Waals surface area contributed by atoms with Gasteiger partial charge in [0.15, 0.2) is 4.96 Å². The lowest BCUT2D eigenvalue weighted by atomic mass is 10.2. The molecular weight excluding hydrogens is 410 g/mol. The number of carbonyl (C=O) groups excluding carboxylic acids is 1. The molecule has 1 aliphatic carbocycles. The number of hydrogen-bond donors (Lipinski definition) is 1. The van der Waals surface area contributed by atoms with Crippen LogP contribution in [-0.2, 0) is 11.3 Å². The first kappa shape index (κ1) is 20.4. The van der Waals surface area contributed by atoms with Crippen LogP contribution in [0.15, 0.2) is 46.6 Å². The van der Waals surface area contributed by atoms with Crippen LogP contribution < -0.4 is 10.9 Å². The molecule has 2 fully saturated rings. The number of nitrogens with one attached hydrogen (secondary N) is 1. The van der Waals surface area contributed by atoms with E-state index in [1.54, 1.807) is 10.5 Å². The molecule has 162 valence electrons. The summed E-state index contributed by atoms with van der Waals surface area (Å²) in [6, 6.07) is 11.9. The monoisotopic (exact) mass is 437 g/mol. The number of piperazine rings is 1. The maximum absolute atomic E-state index is 12.9. The number of hydrogen-bond acceptors (Lipinski definition) is 6. The predicted molar refractivity (Wildman–Crippen MR) is 122 cm³/mol. The zero-order chi connectivity index (χ0) is 21.4. The lowest BCUT2D eigenvalue weighted by Crippen LogP contribution is -2.53. The molecule has 1 aliphatic heterocycles. The molecule has 2 aromatic heterocycles. The Hall–Kier alpha value is -2.55. The molecule has 8 heteroatoms. The van der Waals surface area contributed by atoms with E-state index in [0.717, 1.165) is 60.9 Å². The molecule has 31 heavy (non-hydrogen) atoms. The minimum atomic E-state index is -0.0932. The van der Waals surface area contributed by atoms with Crippen LogP contribution in [0.2, 0.25) is 0 Å². The van der Waals surface area contributed by atoms with Crippen molar-refractivity contribution in [3.63, 3.8) is 0 Å². The zero-order valence-corrected chi connectivity index (χ0v) is 18.5. The third kappa shape index (κ3) is 4.42. The smallest absolute Gasteiger partial charge is 0.259 e. The molecule has 7 nitrogen and oxygen atoms in total. The molecule has 0 spiro atoms. The minimum Gasteiger partial charge on any atom is -0.352 e. The van der Waals surface area contributed by atoms with Gasteiger partial charge in [-0.15, -0.1) is 11.3 Å². The first-order chi connectivity index (χ1) is 15.1. The summed E-state index contributed by atoms with van der Waals surface area (Å²) in [7, 11) is 0. The van der Waals surface area contributed by atoms with Crippen molar-refractivity contribution in [3.05, 3.63) is 57.8 Å². The van der Waals surface area contributed by atoms with Gasteiger partial charge in [0.25, 0.3) is 5.56 Å². The molecule has 1 N–H and O–H groups in total. The summed E-state index contributed by atoms with van der Waals surface area (Å²) in [6.45, 7) is 6.06. The van der Waals surface area contributed by atoms with E-state index in [9.17, 15) is 9.59 Å². The molecule has 1 atom stereocenters. The number of rotatable bonds is 6. The van der Waals surface area contributed by atoms with Crippen LogP contribution >= 0.6 is 11.3 Å². The average molecular weight is 438 g/mol. The van der Waals surface area contributed by atoms with Crippen molar-refractivity contribution in [2.45, 2.75) is 38.4 Å². The summed E-state index contributed by atoms with van der Waals surface area (Å²) in [6.07, 6.45) is 2.22. The second-order valence-electron chi connectivity index (χ2n) is 8.46. The predicted octanol–water partition coefficient (Wildman–Crippen LogP) is 2.21. The highest BCUT2D eigenvalue weighted by atomic mass is 32.1. The minimum absolute atomic E-state index is 0.0379. The molecule has 1 aromatic carbocycles. The van der Waals surface area contributed by atoms with E-state index < -0.39 is 0 Å². The van der Waals surface area contributed by atoms with Gasteiger partial charge >= 0.3 is 0 Å². The van der Waals surface area contributed by atoms with Gasteiger partial charge in [-0.05, 0) is 25.3 Å². The highest BCUT2D eigenvalue weighted by molar-refractivity contribution is 7.15. The maximum atomic E-state index is 12.9. The van der Waals surface area contributed by atoms with Crippen molar-refractivity contribution in [1.82, 2.24) is 24.5 Å². The van der Waals surface area contributed by atoms with Crippen molar-refractivity contribution in [2.75, 3.05) is 26.2 Å². The highest BCUT2D eigenvalue weighted by Crippen LogP contribution is 2.24. The van der Waals surface area contributed by atoms with Gasteiger partial charge in [-0.2, -0.15) is 0 Å². The van der Waals surface area contributed by atoms with E-state index in [4.69, 9.17) is 4.98 Å². The van der Waals surface area contributed by atoms with E-state index >= 15 is 0 Å². The van der Waals surface area contributed by atoms with Gasteiger partial charge in [-0.1, -0.05) is 30.3 Å². The molecular formula is C23H27N5O2S. The van der Waals surface area contributed by atoms with Gasteiger partial charge in [-0.25, -0.2) is 4.98 Å². The van der Waals surface area contributed by atoms with Crippen molar-refractivity contribution in [2.24, 2.45) is 0 Å². The molecule has 3 aromatic rings. The van der Waals surface area contributed by atoms with Crippen LogP contribution in [0.4, 0.5) is 0 Å². The average Bonchev–Trinajstić information content (AvgIpc) is 3.49. The molecule has 1 saturated heterocycles. The number of benzene rings is 1. The van der Waals surface area contributed by atoms with Crippen LogP contribution in [0.25, 0.3) is 16.2 Å². The molecule has 2 aliphatic rings. The Morgan fingerprint density at radius 3 is 2.65 bits per heavy atom. The first-order valence-electron chi connectivity index (χ1n) is 10.9. The molecule has 0 bridgehead atoms. The molecule has 0 radical (unpaired) electrons. The Morgan fingerprint density at radius 2 is 1.94 bits per heavy atom. The fourth-order valence-corrected chi connectivity index (χ4v) is 5.03. The fraction of sp³-hybridized carbons (Fsp3) is 0.435. The lowest BCUT2D eigenvalue weighted by Gasteiger charge is -2.37. The fourth-order valence-electron chi connectivity index (χ4n) is 4.11. The van der Waals surface area contributed by atoms with E-state index in [1.165, 1.54) is 11.3 Å². The first-order valence-corrected chi connectivity index (χ1v) is 11.8. The third-order valence-electron chi connectivity index (χ3n) is 6.17. The van der Waals surface area contributed by atoms with Crippen molar-refractivity contribution < 1.29 is 4.79 Å². The Balaban J connectivity index is 1.24. The Bertz CT molecular complexity index is 1130. The zero-order valence-electron chi connectivity index (χ0n) is 17.7.